The van der Waals surface area contributed by atoms with E-state index in [9.17, 15) is 9.59 Å². The molecule has 0 aliphatic heterocycles. The van der Waals surface area contributed by atoms with Crippen molar-refractivity contribution in [2.45, 2.75) is 13.3 Å². The van der Waals surface area contributed by atoms with Gasteiger partial charge >= 0.3 is 0 Å². The third kappa shape index (κ3) is 3.24. The fourth-order valence-electron chi connectivity index (χ4n) is 1.43. The van der Waals surface area contributed by atoms with Crippen LogP contribution in [0.4, 0.5) is 0 Å². The first-order valence-corrected chi connectivity index (χ1v) is 5.91. The Hall–Kier alpha value is -2.51. The maximum absolute atomic E-state index is 11.7. The molecule has 3 N–H and O–H groups in total. The van der Waals surface area contributed by atoms with Crippen LogP contribution in [0.15, 0.2) is 12.5 Å². The highest BCUT2D eigenvalue weighted by atomic mass is 16.2. The molecule has 0 bridgehead atoms. The Morgan fingerprint density at radius 3 is 2.84 bits per heavy atom. The number of rotatable bonds is 5. The Labute approximate surface area is 109 Å². The fraction of sp³-hybridized carbons (Fsp3) is 0.364. The normalized spacial score (nSPS) is 10.4. The molecule has 19 heavy (non-hydrogen) atoms. The second-order valence-corrected chi connectivity index (χ2v) is 3.79. The first-order chi connectivity index (χ1) is 9.20. The zero-order chi connectivity index (χ0) is 13.7. The summed E-state index contributed by atoms with van der Waals surface area (Å²) in [5.74, 6) is -0.388. The topological polar surface area (TPSA) is 113 Å². The van der Waals surface area contributed by atoms with Crippen molar-refractivity contribution >= 4 is 23.0 Å². The number of hydrogen-bond acceptors (Lipinski definition) is 5. The van der Waals surface area contributed by atoms with Crippen LogP contribution in [0.2, 0.25) is 0 Å². The second kappa shape index (κ2) is 5.89. The van der Waals surface area contributed by atoms with E-state index < -0.39 is 5.91 Å². The first kappa shape index (κ1) is 12.9. The second-order valence-electron chi connectivity index (χ2n) is 3.79. The number of carbonyl (C=O) groups excluding carboxylic acids is 2. The van der Waals surface area contributed by atoms with Gasteiger partial charge in [-0.25, -0.2) is 15.0 Å². The summed E-state index contributed by atoms with van der Waals surface area (Å²) in [5.41, 5.74) is 1.12. The zero-order valence-electron chi connectivity index (χ0n) is 10.4. The van der Waals surface area contributed by atoms with Gasteiger partial charge in [0.2, 0.25) is 11.7 Å². The first-order valence-electron chi connectivity index (χ1n) is 5.91. The fourth-order valence-corrected chi connectivity index (χ4v) is 1.43. The van der Waals surface area contributed by atoms with Gasteiger partial charge in [0.05, 0.1) is 12.5 Å². The number of nitrogens with one attached hydrogen (secondary N) is 3. The molecule has 2 rings (SSSR count). The van der Waals surface area contributed by atoms with Crippen molar-refractivity contribution in [1.29, 1.82) is 0 Å². The van der Waals surface area contributed by atoms with Crippen LogP contribution in [0.3, 0.4) is 0 Å². The quantitative estimate of drug-likeness (QED) is 0.635. The molecule has 0 saturated carbocycles. The molecular weight excluding hydrogens is 248 g/mol. The Kier molecular flexibility index (Phi) is 4.01. The van der Waals surface area contributed by atoms with E-state index in [0.717, 1.165) is 0 Å². The van der Waals surface area contributed by atoms with E-state index in [2.05, 4.69) is 30.6 Å². The highest BCUT2D eigenvalue weighted by Gasteiger charge is 2.10. The van der Waals surface area contributed by atoms with E-state index in [1.54, 1.807) is 6.92 Å². The maximum atomic E-state index is 11.7. The molecule has 0 fully saturated rings. The minimum absolute atomic E-state index is 0.0524. The molecule has 0 aromatic carbocycles. The summed E-state index contributed by atoms with van der Waals surface area (Å²) in [6.07, 6.45) is 3.41. The molecule has 0 aliphatic rings. The zero-order valence-corrected chi connectivity index (χ0v) is 10.4. The van der Waals surface area contributed by atoms with Crippen molar-refractivity contribution in [2.75, 3.05) is 13.1 Å². The van der Waals surface area contributed by atoms with E-state index in [1.165, 1.54) is 12.5 Å². The molecule has 8 nitrogen and oxygen atoms in total. The molecular formula is C11H14N6O2. The average Bonchev–Trinajstić information content (AvgIpc) is 2.90. The minimum atomic E-state index is -0.393. The lowest BCUT2D eigenvalue weighted by Gasteiger charge is -2.05. The number of amides is 2. The van der Waals surface area contributed by atoms with Crippen LogP contribution in [0.1, 0.15) is 24.0 Å². The molecule has 0 spiro atoms. The number of carbonyl (C=O) groups is 2. The van der Waals surface area contributed by atoms with Crippen molar-refractivity contribution < 1.29 is 9.59 Å². The van der Waals surface area contributed by atoms with Gasteiger partial charge in [-0.3, -0.25) is 9.59 Å². The highest BCUT2D eigenvalue weighted by Crippen LogP contribution is 2.03. The van der Waals surface area contributed by atoms with Gasteiger partial charge in [-0.1, -0.05) is 6.92 Å². The van der Waals surface area contributed by atoms with Gasteiger partial charge in [0.1, 0.15) is 5.52 Å². The summed E-state index contributed by atoms with van der Waals surface area (Å²) in [4.78, 5) is 37.5. The van der Waals surface area contributed by atoms with Crippen LogP contribution in [-0.4, -0.2) is 44.8 Å². The van der Waals surface area contributed by atoms with Gasteiger partial charge in [0, 0.05) is 19.5 Å². The number of fused-ring (bicyclic) bond motifs is 1. The van der Waals surface area contributed by atoms with Crippen molar-refractivity contribution in [3.05, 3.63) is 18.3 Å². The number of nitrogens with zero attached hydrogens (tertiary/aromatic N) is 3. The van der Waals surface area contributed by atoms with Crippen LogP contribution in [0.5, 0.6) is 0 Å². The third-order valence-corrected chi connectivity index (χ3v) is 2.43. The lowest BCUT2D eigenvalue weighted by atomic mass is 10.4. The van der Waals surface area contributed by atoms with E-state index in [1.807, 2.05) is 0 Å². The third-order valence-electron chi connectivity index (χ3n) is 2.43. The summed E-state index contributed by atoms with van der Waals surface area (Å²) in [6.45, 7) is 2.47. The lowest BCUT2D eigenvalue weighted by Crippen LogP contribution is -2.35. The van der Waals surface area contributed by atoms with Gasteiger partial charge in [0.25, 0.3) is 5.91 Å². The molecule has 0 radical (unpaired) electrons. The van der Waals surface area contributed by atoms with Crippen LogP contribution in [0.25, 0.3) is 11.2 Å². The maximum Gasteiger partial charge on any atom is 0.289 e. The Morgan fingerprint density at radius 2 is 2.05 bits per heavy atom. The molecule has 0 unspecified atom stereocenters. The van der Waals surface area contributed by atoms with E-state index in [-0.39, 0.29) is 11.7 Å². The molecule has 100 valence electrons. The molecule has 2 aromatic heterocycles. The van der Waals surface area contributed by atoms with Crippen LogP contribution in [-0.2, 0) is 4.79 Å². The highest BCUT2D eigenvalue weighted by molar-refractivity contribution is 5.91. The molecule has 0 aliphatic carbocycles. The number of aromatic nitrogens is 4. The predicted molar refractivity (Wildman–Crippen MR) is 67.3 cm³/mol. The number of imidazole rings is 1. The van der Waals surface area contributed by atoms with Gasteiger partial charge in [-0.15, -0.1) is 0 Å². The molecule has 2 heterocycles. The molecule has 0 atom stereocenters. The predicted octanol–water partition coefficient (Wildman–Crippen LogP) is -0.391. The van der Waals surface area contributed by atoms with E-state index in [0.29, 0.717) is 30.7 Å². The Morgan fingerprint density at radius 1 is 1.26 bits per heavy atom. The number of H-pyrrole nitrogens is 1. The standard InChI is InChI=1S/C11H14N6O2/c1-2-8(18)12-3-4-13-11(19)10-14-5-7-9(17-10)16-6-15-7/h5-6H,2-4H2,1H3,(H,12,18)(H,13,19)(H,14,15,16,17). The van der Waals surface area contributed by atoms with Crippen LogP contribution < -0.4 is 10.6 Å². The van der Waals surface area contributed by atoms with Crippen molar-refractivity contribution in [1.82, 2.24) is 30.6 Å². The van der Waals surface area contributed by atoms with Crippen LogP contribution >= 0.6 is 0 Å². The Bertz CT molecular complexity index is 594. The number of aromatic amines is 1. The van der Waals surface area contributed by atoms with Gasteiger partial charge in [-0.2, -0.15) is 0 Å². The molecule has 2 amide bonds. The summed E-state index contributed by atoms with van der Waals surface area (Å²) < 4.78 is 0. The summed E-state index contributed by atoms with van der Waals surface area (Å²) in [5, 5.41) is 5.27. The van der Waals surface area contributed by atoms with Crippen molar-refractivity contribution in [3.63, 3.8) is 0 Å². The van der Waals surface area contributed by atoms with Gasteiger partial charge in [0.15, 0.2) is 5.65 Å². The molecule has 2 aromatic rings. The van der Waals surface area contributed by atoms with E-state index >= 15 is 0 Å². The molecule has 0 saturated heterocycles. The summed E-state index contributed by atoms with van der Waals surface area (Å²) >= 11 is 0. The van der Waals surface area contributed by atoms with Crippen molar-refractivity contribution in [2.24, 2.45) is 0 Å². The largest absolute Gasteiger partial charge is 0.354 e. The number of hydrogen-bond donors (Lipinski definition) is 3. The SMILES string of the molecule is CCC(=O)NCCNC(=O)c1ncc2[nH]cnc2n1. The van der Waals surface area contributed by atoms with Gasteiger partial charge < -0.3 is 15.6 Å². The van der Waals surface area contributed by atoms with E-state index in [4.69, 9.17) is 0 Å². The minimum Gasteiger partial charge on any atom is -0.354 e. The molecule has 8 heteroatoms. The smallest absolute Gasteiger partial charge is 0.289 e. The Balaban J connectivity index is 1.87. The monoisotopic (exact) mass is 262 g/mol. The average molecular weight is 262 g/mol. The van der Waals surface area contributed by atoms with Crippen molar-refractivity contribution in [3.8, 4) is 0 Å². The lowest BCUT2D eigenvalue weighted by molar-refractivity contribution is -0.120. The summed E-state index contributed by atoms with van der Waals surface area (Å²) in [7, 11) is 0. The summed E-state index contributed by atoms with van der Waals surface area (Å²) in [6, 6.07) is 0. The van der Waals surface area contributed by atoms with Crippen LogP contribution in [0, 0.1) is 0 Å². The van der Waals surface area contributed by atoms with Gasteiger partial charge in [-0.05, 0) is 0 Å².